The number of amides is 1. The summed E-state index contributed by atoms with van der Waals surface area (Å²) in [4.78, 5) is 34.4. The highest BCUT2D eigenvalue weighted by molar-refractivity contribution is 5.91. The van der Waals surface area contributed by atoms with Crippen molar-refractivity contribution < 1.29 is 24.1 Å². The van der Waals surface area contributed by atoms with E-state index in [1.807, 2.05) is 5.92 Å². The van der Waals surface area contributed by atoms with E-state index in [4.69, 9.17) is 11.2 Å². The minimum absolute atomic E-state index is 0.106. The summed E-state index contributed by atoms with van der Waals surface area (Å²) in [6.07, 6.45) is 1.69. The smallest absolute Gasteiger partial charge is 0.280 e. The Morgan fingerprint density at radius 2 is 2.33 bits per heavy atom. The fraction of sp³-hybridized carbons (Fsp3) is 0.500. The number of carbonyl (C=O) groups excluding carboxylic acids is 1. The van der Waals surface area contributed by atoms with Crippen molar-refractivity contribution in [3.63, 3.8) is 0 Å². The minimum atomic E-state index is -2.69. The first kappa shape index (κ1) is 19.0. The van der Waals surface area contributed by atoms with Crippen LogP contribution in [0.1, 0.15) is 20.1 Å². The van der Waals surface area contributed by atoms with E-state index in [9.17, 15) is 19.8 Å². The molecule has 0 spiro atoms. The predicted molar refractivity (Wildman–Crippen MR) is 91.3 cm³/mol. The fourth-order valence-electron chi connectivity index (χ4n) is 2.74. The van der Waals surface area contributed by atoms with Crippen LogP contribution in [0.3, 0.4) is 0 Å². The Morgan fingerprint density at radius 3 is 2.93 bits per heavy atom. The Hall–Kier alpha value is -2.81. The Balaban J connectivity index is 2.10. The van der Waals surface area contributed by atoms with Gasteiger partial charge in [0.2, 0.25) is 17.5 Å². The number of nitrogens with one attached hydrogen (secondary N) is 2. The van der Waals surface area contributed by atoms with Crippen LogP contribution in [-0.2, 0) is 9.53 Å². The zero-order valence-electron chi connectivity index (χ0n) is 14.5. The Labute approximate surface area is 152 Å². The number of terminal acetylenes is 1. The van der Waals surface area contributed by atoms with E-state index in [0.29, 0.717) is 0 Å². The lowest BCUT2D eigenvalue weighted by molar-refractivity contribution is -0.118. The number of hydrogen-bond donors (Lipinski definition) is 4. The molecule has 1 aliphatic rings. The Morgan fingerprint density at radius 1 is 1.63 bits per heavy atom. The van der Waals surface area contributed by atoms with Crippen molar-refractivity contribution in [3.05, 3.63) is 16.7 Å². The number of aliphatic hydroxyl groups is 2. The van der Waals surface area contributed by atoms with Gasteiger partial charge in [0, 0.05) is 5.92 Å². The maximum atomic E-state index is 15.2. The molecule has 0 aromatic carbocycles. The van der Waals surface area contributed by atoms with Crippen molar-refractivity contribution in [3.8, 4) is 12.3 Å². The van der Waals surface area contributed by atoms with E-state index < -0.39 is 36.3 Å². The van der Waals surface area contributed by atoms with E-state index in [0.717, 1.165) is 10.9 Å². The number of nitrogens with zero attached hydrogens (tertiary/aromatic N) is 3. The van der Waals surface area contributed by atoms with Gasteiger partial charge >= 0.3 is 0 Å². The zero-order valence-corrected chi connectivity index (χ0v) is 14.5. The summed E-state index contributed by atoms with van der Waals surface area (Å²) >= 11 is 0. The second-order valence-corrected chi connectivity index (χ2v) is 6.45. The molecule has 4 atom stereocenters. The number of hydrogen-bond acceptors (Lipinski definition) is 7. The lowest BCUT2D eigenvalue weighted by Gasteiger charge is -2.23. The molecule has 3 heterocycles. The van der Waals surface area contributed by atoms with Crippen LogP contribution in [0.2, 0.25) is 0 Å². The highest BCUT2D eigenvalue weighted by Crippen LogP contribution is 2.41. The molecule has 2 aromatic heterocycles. The number of H-pyrrole nitrogens is 1. The van der Waals surface area contributed by atoms with E-state index in [2.05, 4.69) is 20.3 Å². The topological polar surface area (TPSA) is 142 Å². The average molecular weight is 379 g/mol. The molecule has 27 heavy (non-hydrogen) atoms. The predicted octanol–water partition coefficient (Wildman–Crippen LogP) is -0.694. The monoisotopic (exact) mass is 379 g/mol. The molecule has 0 bridgehead atoms. The van der Waals surface area contributed by atoms with Crippen LogP contribution in [-0.4, -0.2) is 60.1 Å². The van der Waals surface area contributed by atoms with Crippen molar-refractivity contribution in [2.75, 3.05) is 11.9 Å². The normalized spacial score (nSPS) is 27.8. The van der Waals surface area contributed by atoms with Gasteiger partial charge in [-0.2, -0.15) is 4.98 Å². The van der Waals surface area contributed by atoms with Gasteiger partial charge in [-0.3, -0.25) is 24.5 Å². The number of aliphatic hydroxyl groups excluding tert-OH is 2. The molecule has 144 valence electrons. The van der Waals surface area contributed by atoms with Gasteiger partial charge in [-0.05, 0) is 0 Å². The lowest BCUT2D eigenvalue weighted by atomic mass is 9.97. The van der Waals surface area contributed by atoms with E-state index in [-0.39, 0.29) is 28.9 Å². The van der Waals surface area contributed by atoms with Gasteiger partial charge in [-0.1, -0.05) is 19.8 Å². The van der Waals surface area contributed by atoms with Crippen LogP contribution >= 0.6 is 0 Å². The van der Waals surface area contributed by atoms with Gasteiger partial charge in [0.15, 0.2) is 17.4 Å². The number of rotatable bonds is 4. The van der Waals surface area contributed by atoms with Crippen molar-refractivity contribution >= 4 is 23.0 Å². The number of halogens is 1. The maximum Gasteiger partial charge on any atom is 0.280 e. The first-order valence-electron chi connectivity index (χ1n) is 8.11. The van der Waals surface area contributed by atoms with Gasteiger partial charge in [0.05, 0.1) is 12.9 Å². The number of ether oxygens (including phenoxy) is 1. The molecule has 0 unspecified atom stereocenters. The number of anilines is 1. The van der Waals surface area contributed by atoms with E-state index in [1.165, 1.54) is 0 Å². The van der Waals surface area contributed by atoms with Crippen LogP contribution in [0.5, 0.6) is 0 Å². The summed E-state index contributed by atoms with van der Waals surface area (Å²) < 4.78 is 21.6. The van der Waals surface area contributed by atoms with Crippen LogP contribution < -0.4 is 10.9 Å². The molecule has 1 fully saturated rings. The highest BCUT2D eigenvalue weighted by atomic mass is 19.1. The quantitative estimate of drug-likeness (QED) is 0.515. The van der Waals surface area contributed by atoms with Crippen LogP contribution in [0.15, 0.2) is 11.1 Å². The molecule has 0 saturated carbocycles. The first-order chi connectivity index (χ1) is 12.7. The molecule has 0 aliphatic carbocycles. The SMILES string of the molecule is C#C[C@@]1(F)[C@H](O)[C@@H](CO)O[C@@H]1n1cnc2c(=O)[nH]c(NC(=O)C(C)C)nc21. The second-order valence-electron chi connectivity index (χ2n) is 6.45. The van der Waals surface area contributed by atoms with E-state index in [1.54, 1.807) is 13.8 Å². The van der Waals surface area contributed by atoms with Gasteiger partial charge < -0.3 is 14.9 Å². The average Bonchev–Trinajstić information content (AvgIpc) is 3.15. The van der Waals surface area contributed by atoms with Crippen LogP contribution in [0.25, 0.3) is 11.2 Å². The standard InChI is InChI=1S/C16H18FN5O5/c1-4-16(17)10(24)8(5-23)27-14(16)22-6-18-9-11(22)19-15(21-13(9)26)20-12(25)7(2)3/h1,6-8,10,14,23-24H,5H2,2-3H3,(H2,19,20,21,25,26)/t8-,10-,14+,16-/m1/s1. The Bertz CT molecular complexity index is 980. The van der Waals surface area contributed by atoms with Gasteiger partial charge in [-0.25, -0.2) is 9.37 Å². The third-order valence-corrected chi connectivity index (χ3v) is 4.30. The molecular formula is C16H18FN5O5. The summed E-state index contributed by atoms with van der Waals surface area (Å²) in [7, 11) is 0. The van der Waals surface area contributed by atoms with Crippen molar-refractivity contribution in [1.29, 1.82) is 0 Å². The molecule has 0 radical (unpaired) electrons. The van der Waals surface area contributed by atoms with Crippen molar-refractivity contribution in [2.45, 2.75) is 38.0 Å². The third kappa shape index (κ3) is 2.97. The second kappa shape index (κ2) is 6.73. The number of alkyl halides is 1. The summed E-state index contributed by atoms with van der Waals surface area (Å²) in [5, 5.41) is 21.8. The van der Waals surface area contributed by atoms with Crippen LogP contribution in [0.4, 0.5) is 10.3 Å². The third-order valence-electron chi connectivity index (χ3n) is 4.30. The molecular weight excluding hydrogens is 361 g/mol. The molecule has 11 heteroatoms. The molecule has 1 amide bonds. The van der Waals surface area contributed by atoms with Crippen LogP contribution in [0, 0.1) is 18.3 Å². The highest BCUT2D eigenvalue weighted by Gasteiger charge is 2.57. The van der Waals surface area contributed by atoms with Gasteiger partial charge in [0.1, 0.15) is 12.2 Å². The zero-order chi connectivity index (χ0) is 19.9. The maximum absolute atomic E-state index is 15.2. The number of aromatic amines is 1. The van der Waals surface area contributed by atoms with Crippen molar-refractivity contribution in [1.82, 2.24) is 19.5 Å². The summed E-state index contributed by atoms with van der Waals surface area (Å²) in [6, 6.07) is 0. The number of fused-ring (bicyclic) bond motifs is 1. The molecule has 4 N–H and O–H groups in total. The van der Waals surface area contributed by atoms with Crippen molar-refractivity contribution in [2.24, 2.45) is 5.92 Å². The minimum Gasteiger partial charge on any atom is -0.394 e. The number of carbonyl (C=O) groups is 1. The van der Waals surface area contributed by atoms with Gasteiger partial charge in [0.25, 0.3) is 5.56 Å². The molecule has 1 saturated heterocycles. The lowest BCUT2D eigenvalue weighted by Crippen LogP contribution is -2.42. The molecule has 1 aliphatic heterocycles. The molecule has 10 nitrogen and oxygen atoms in total. The molecule has 2 aromatic rings. The summed E-state index contributed by atoms with van der Waals surface area (Å²) in [6.45, 7) is 2.65. The molecule has 3 rings (SSSR count). The summed E-state index contributed by atoms with van der Waals surface area (Å²) in [5.41, 5.74) is -3.60. The fourth-order valence-corrected chi connectivity index (χ4v) is 2.74. The largest absolute Gasteiger partial charge is 0.394 e. The number of imidazole rings is 1. The summed E-state index contributed by atoms with van der Waals surface area (Å²) in [5.74, 6) is 0.937. The number of aromatic nitrogens is 4. The van der Waals surface area contributed by atoms with Gasteiger partial charge in [-0.15, -0.1) is 6.42 Å². The Kier molecular flexibility index (Phi) is 4.73. The first-order valence-corrected chi connectivity index (χ1v) is 8.11. The van der Waals surface area contributed by atoms with E-state index >= 15 is 4.39 Å².